The van der Waals surface area contributed by atoms with Crippen LogP contribution in [0.5, 0.6) is 0 Å². The van der Waals surface area contributed by atoms with Crippen molar-refractivity contribution in [2.75, 3.05) is 18.0 Å². The summed E-state index contributed by atoms with van der Waals surface area (Å²) in [6.45, 7) is 1.40. The van der Waals surface area contributed by atoms with Crippen LogP contribution in [0.15, 0.2) is 17.2 Å². The summed E-state index contributed by atoms with van der Waals surface area (Å²) in [4.78, 5) is 6.89. The second kappa shape index (κ2) is 5.75. The molecule has 15 heavy (non-hydrogen) atoms. The number of aromatic nitrogens is 1. The third-order valence-corrected chi connectivity index (χ3v) is 3.19. The fourth-order valence-electron chi connectivity index (χ4n) is 1.58. The maximum Gasteiger partial charge on any atom is 0.148 e. The average molecular weight is 254 g/mol. The van der Waals surface area contributed by atoms with Crippen LogP contribution in [0.4, 0.5) is 5.82 Å². The van der Waals surface area contributed by atoms with Gasteiger partial charge in [0.05, 0.1) is 11.1 Å². The molecule has 1 aliphatic heterocycles. The van der Waals surface area contributed by atoms with Crippen molar-refractivity contribution in [3.05, 3.63) is 17.3 Å². The van der Waals surface area contributed by atoms with Gasteiger partial charge < -0.3 is 10.0 Å². The summed E-state index contributed by atoms with van der Waals surface area (Å²) in [7, 11) is 0. The Bertz CT molecular complexity index is 353. The van der Waals surface area contributed by atoms with E-state index in [-0.39, 0.29) is 35.7 Å². The molecule has 1 saturated heterocycles. The number of thiol groups is 1. The van der Waals surface area contributed by atoms with Gasteiger partial charge in [-0.3, -0.25) is 0 Å². The molecular weight excluding hydrogens is 243 g/mol. The van der Waals surface area contributed by atoms with Gasteiger partial charge in [-0.15, -0.1) is 12.6 Å². The molecule has 1 atom stereocenters. The van der Waals surface area contributed by atoms with Crippen LogP contribution >= 0.6 is 24.2 Å². The number of hydrogen-bond donors (Lipinski definition) is 2. The molecule has 6 heteroatoms. The monoisotopic (exact) mass is 253 g/mol. The Balaban J connectivity index is 0.00000112. The third kappa shape index (κ3) is 3.02. The molecule has 1 aliphatic rings. The van der Waals surface area contributed by atoms with Gasteiger partial charge in [0, 0.05) is 53.7 Å². The molecule has 77 valence electrons. The van der Waals surface area contributed by atoms with Crippen molar-refractivity contribution < 1.29 is 5.11 Å². The van der Waals surface area contributed by atoms with E-state index in [1.54, 1.807) is 12.3 Å². The van der Waals surface area contributed by atoms with Gasteiger partial charge in [-0.05, 0) is 12.5 Å². The first-order valence-electron chi connectivity index (χ1n) is 4.45. The van der Waals surface area contributed by atoms with E-state index < -0.39 is 0 Å². The first-order valence-corrected chi connectivity index (χ1v) is 5.27. The van der Waals surface area contributed by atoms with Crippen molar-refractivity contribution in [3.8, 4) is 0 Å². The molecule has 1 N–H and O–H groups in total. The molecule has 0 aromatic carbocycles. The molecule has 0 spiro atoms. The Morgan fingerprint density at radius 1 is 1.60 bits per heavy atom. The minimum Gasteiger partial charge on any atom is -0.391 e. The summed E-state index contributed by atoms with van der Waals surface area (Å²) in [5.74, 6) is 0.718. The number of rotatable bonds is 1. The van der Waals surface area contributed by atoms with E-state index in [0.29, 0.717) is 11.6 Å². The van der Waals surface area contributed by atoms with Crippen LogP contribution in [0.3, 0.4) is 0 Å². The van der Waals surface area contributed by atoms with Crippen LogP contribution in [0.2, 0.25) is 5.02 Å². The van der Waals surface area contributed by atoms with Crippen LogP contribution < -0.4 is 4.90 Å². The Morgan fingerprint density at radius 2 is 2.33 bits per heavy atom. The summed E-state index contributed by atoms with van der Waals surface area (Å²) < 4.78 is 0. The van der Waals surface area contributed by atoms with E-state index in [9.17, 15) is 5.11 Å². The third-order valence-electron chi connectivity index (χ3n) is 2.31. The molecule has 0 amide bonds. The predicted molar refractivity (Wildman–Crippen MR) is 65.1 cm³/mol. The minimum absolute atomic E-state index is 0. The number of β-amino-alcohol motifs (C(OH)–C–C–N with tert-alkyl or cyclic N) is 1. The molecule has 1 aromatic heterocycles. The second-order valence-electron chi connectivity index (χ2n) is 3.36. The smallest absolute Gasteiger partial charge is 0.148 e. The number of nitrogens with zero attached hydrogens (tertiary/aromatic N) is 2. The Kier molecular flexibility index (Phi) is 5.22. The molecule has 0 unspecified atom stereocenters. The maximum absolute atomic E-state index is 9.39. The summed E-state index contributed by atoms with van der Waals surface area (Å²) in [5.41, 5.74) is 0. The zero-order valence-corrected chi connectivity index (χ0v) is 12.2. The second-order valence-corrected chi connectivity index (χ2v) is 4.22. The summed E-state index contributed by atoms with van der Waals surface area (Å²) >= 11 is 10.3. The van der Waals surface area contributed by atoms with E-state index in [4.69, 9.17) is 11.6 Å². The molecule has 1 radical (unpaired) electrons. The van der Waals surface area contributed by atoms with Gasteiger partial charge in [-0.25, -0.2) is 4.98 Å². The van der Waals surface area contributed by atoms with Gasteiger partial charge in [0.15, 0.2) is 0 Å². The van der Waals surface area contributed by atoms with Gasteiger partial charge >= 0.3 is 0 Å². The van der Waals surface area contributed by atoms with E-state index in [0.717, 1.165) is 23.7 Å². The first-order chi connectivity index (χ1) is 6.68. The zero-order valence-electron chi connectivity index (χ0n) is 8.52. The van der Waals surface area contributed by atoms with Gasteiger partial charge in [0.25, 0.3) is 0 Å². The fraction of sp³-hybridized carbons (Fsp3) is 0.444. The van der Waals surface area contributed by atoms with Crippen LogP contribution in [0, 0.1) is 0 Å². The first kappa shape index (κ1) is 13.6. The minimum atomic E-state index is -0.267. The van der Waals surface area contributed by atoms with Crippen molar-refractivity contribution in [2.45, 2.75) is 17.4 Å². The number of pyridine rings is 1. The standard InChI is InChI=1S/C9H11ClN2OS.Na/c10-8-7(14)1-3-11-9(8)12-4-2-6(13)5-12;/h1,3,6,13H,2,4-5H2,(H,11,14);/t6-;/m0./s1. The van der Waals surface area contributed by atoms with Gasteiger partial charge in [-0.1, -0.05) is 11.6 Å². The SMILES string of the molecule is O[C@H]1CCN(c2nccc(S)c2Cl)C1.[Na]. The number of aliphatic hydroxyl groups is 1. The largest absolute Gasteiger partial charge is 0.391 e. The van der Waals surface area contributed by atoms with Crippen LogP contribution in [-0.4, -0.2) is 58.8 Å². The fourth-order valence-corrected chi connectivity index (χ4v) is 1.98. The molecule has 3 nitrogen and oxygen atoms in total. The van der Waals surface area contributed by atoms with Gasteiger partial charge in [0.2, 0.25) is 0 Å². The number of halogens is 1. The zero-order chi connectivity index (χ0) is 10.1. The molecule has 2 rings (SSSR count). The van der Waals surface area contributed by atoms with Crippen LogP contribution in [0.1, 0.15) is 6.42 Å². The van der Waals surface area contributed by atoms with Gasteiger partial charge in [0.1, 0.15) is 5.82 Å². The molecule has 1 fully saturated rings. The van der Waals surface area contributed by atoms with Crippen molar-refractivity contribution >= 4 is 59.6 Å². The average Bonchev–Trinajstić information content (AvgIpc) is 2.57. The van der Waals surface area contributed by atoms with Crippen molar-refractivity contribution in [3.63, 3.8) is 0 Å². The van der Waals surface area contributed by atoms with Crippen molar-refractivity contribution in [2.24, 2.45) is 0 Å². The van der Waals surface area contributed by atoms with E-state index in [1.165, 1.54) is 0 Å². The van der Waals surface area contributed by atoms with Gasteiger partial charge in [-0.2, -0.15) is 0 Å². The Labute approximate surface area is 122 Å². The molecule has 0 saturated carbocycles. The number of anilines is 1. The quantitative estimate of drug-likeness (QED) is 0.584. The number of aliphatic hydroxyl groups excluding tert-OH is 1. The summed E-state index contributed by atoms with van der Waals surface area (Å²) in [6, 6.07) is 1.75. The normalized spacial score (nSPS) is 20.2. The molecular formula is C9H11ClN2NaOS. The van der Waals surface area contributed by atoms with Crippen molar-refractivity contribution in [1.82, 2.24) is 4.98 Å². The molecule has 1 aromatic rings. The van der Waals surface area contributed by atoms with E-state index >= 15 is 0 Å². The Morgan fingerprint density at radius 3 is 2.93 bits per heavy atom. The number of hydrogen-bond acceptors (Lipinski definition) is 4. The van der Waals surface area contributed by atoms with Crippen molar-refractivity contribution in [1.29, 1.82) is 0 Å². The van der Waals surface area contributed by atoms with Crippen LogP contribution in [-0.2, 0) is 0 Å². The topological polar surface area (TPSA) is 36.4 Å². The molecule has 0 aliphatic carbocycles. The summed E-state index contributed by atoms with van der Waals surface area (Å²) in [5, 5.41) is 9.95. The molecule has 2 heterocycles. The van der Waals surface area contributed by atoms with E-state index in [1.807, 2.05) is 4.90 Å². The summed E-state index contributed by atoms with van der Waals surface area (Å²) in [6.07, 6.45) is 2.18. The predicted octanol–water partition coefficient (Wildman–Crippen LogP) is 1.21. The van der Waals surface area contributed by atoms with E-state index in [2.05, 4.69) is 17.6 Å². The maximum atomic E-state index is 9.39. The Hall–Kier alpha value is 0.550. The molecule has 0 bridgehead atoms. The van der Waals surface area contributed by atoms with Crippen LogP contribution in [0.25, 0.3) is 0 Å².